The van der Waals surface area contributed by atoms with Gasteiger partial charge >= 0.3 is 0 Å². The number of hydrogen-bond acceptors (Lipinski definition) is 5. The Balaban J connectivity index is 2.26. The highest BCUT2D eigenvalue weighted by atomic mass is 35.5. The first-order valence-corrected chi connectivity index (χ1v) is 5.85. The molecule has 0 atom stereocenters. The van der Waals surface area contributed by atoms with E-state index in [2.05, 4.69) is 10.2 Å². The number of carbonyl (C=O) groups excluding carboxylic acids is 1. The van der Waals surface area contributed by atoms with Crippen molar-refractivity contribution < 1.29 is 9.21 Å². The molecule has 1 heterocycles. The maximum Gasteiger partial charge on any atom is 0.285 e. The van der Waals surface area contributed by atoms with E-state index in [9.17, 15) is 4.79 Å². The number of benzene rings is 1. The van der Waals surface area contributed by atoms with Crippen LogP contribution in [-0.4, -0.2) is 36.0 Å². The molecule has 0 saturated heterocycles. The minimum Gasteiger partial charge on any atom is -0.414 e. The highest BCUT2D eigenvalue weighted by Crippen LogP contribution is 2.21. The van der Waals surface area contributed by atoms with Gasteiger partial charge in [-0.15, -0.1) is 21.8 Å². The summed E-state index contributed by atoms with van der Waals surface area (Å²) in [7, 11) is 3.91. The van der Waals surface area contributed by atoms with E-state index in [0.29, 0.717) is 5.89 Å². The van der Waals surface area contributed by atoms with E-state index in [-0.39, 0.29) is 17.6 Å². The fourth-order valence-corrected chi connectivity index (χ4v) is 1.53. The van der Waals surface area contributed by atoms with Crippen molar-refractivity contribution in [2.24, 2.45) is 0 Å². The lowest BCUT2D eigenvalue weighted by Crippen LogP contribution is -2.07. The van der Waals surface area contributed by atoms with Crippen LogP contribution >= 0.6 is 11.6 Å². The maximum atomic E-state index is 11.3. The van der Waals surface area contributed by atoms with Crippen molar-refractivity contribution in [1.82, 2.24) is 10.2 Å². The predicted octanol–water partition coefficient (Wildman–Crippen LogP) is 2.22. The van der Waals surface area contributed by atoms with Gasteiger partial charge in [-0.3, -0.25) is 4.79 Å². The molecule has 2 aromatic rings. The third-order valence-electron chi connectivity index (χ3n) is 2.42. The monoisotopic (exact) mass is 265 g/mol. The van der Waals surface area contributed by atoms with Crippen LogP contribution in [0.25, 0.3) is 11.5 Å². The van der Waals surface area contributed by atoms with Crippen LogP contribution in [0.15, 0.2) is 28.7 Å². The SMILES string of the molecule is CN(C)c1ccc(-c2nnc(C(=O)CCl)o2)cc1. The molecule has 0 amide bonds. The van der Waals surface area contributed by atoms with Crippen LogP contribution in [0.3, 0.4) is 0 Å². The van der Waals surface area contributed by atoms with Gasteiger partial charge in [0.15, 0.2) is 0 Å². The lowest BCUT2D eigenvalue weighted by Gasteiger charge is -2.11. The molecule has 18 heavy (non-hydrogen) atoms. The molecule has 1 aromatic carbocycles. The second-order valence-electron chi connectivity index (χ2n) is 3.91. The second-order valence-corrected chi connectivity index (χ2v) is 4.18. The van der Waals surface area contributed by atoms with Crippen LogP contribution in [0.5, 0.6) is 0 Å². The van der Waals surface area contributed by atoms with Gasteiger partial charge in [0.25, 0.3) is 5.89 Å². The highest BCUT2D eigenvalue weighted by Gasteiger charge is 2.14. The molecule has 0 saturated carbocycles. The van der Waals surface area contributed by atoms with E-state index in [1.165, 1.54) is 0 Å². The van der Waals surface area contributed by atoms with Crippen molar-refractivity contribution in [2.45, 2.75) is 0 Å². The molecule has 0 aliphatic heterocycles. The van der Waals surface area contributed by atoms with Crippen molar-refractivity contribution in [3.63, 3.8) is 0 Å². The normalized spacial score (nSPS) is 10.4. The fourth-order valence-electron chi connectivity index (χ4n) is 1.41. The zero-order chi connectivity index (χ0) is 13.1. The number of hydrogen-bond donors (Lipinski definition) is 0. The minimum absolute atomic E-state index is 0.0586. The van der Waals surface area contributed by atoms with E-state index < -0.39 is 0 Å². The number of nitrogens with zero attached hydrogens (tertiary/aromatic N) is 3. The number of aromatic nitrogens is 2. The molecular formula is C12H12ClN3O2. The van der Waals surface area contributed by atoms with Crippen LogP contribution < -0.4 is 4.90 Å². The van der Waals surface area contributed by atoms with E-state index >= 15 is 0 Å². The van der Waals surface area contributed by atoms with E-state index in [1.807, 2.05) is 43.3 Å². The summed E-state index contributed by atoms with van der Waals surface area (Å²) >= 11 is 5.41. The number of ketones is 1. The fraction of sp³-hybridized carbons (Fsp3) is 0.250. The minimum atomic E-state index is -0.375. The van der Waals surface area contributed by atoms with Gasteiger partial charge in [-0.2, -0.15) is 0 Å². The van der Waals surface area contributed by atoms with Crippen LogP contribution in [0.1, 0.15) is 10.7 Å². The standard InChI is InChI=1S/C12H12ClN3O2/c1-16(2)9-5-3-8(4-6-9)11-14-15-12(18-11)10(17)7-13/h3-6H,7H2,1-2H3. The second kappa shape index (κ2) is 5.18. The Labute approximate surface area is 109 Å². The van der Waals surface area contributed by atoms with Gasteiger partial charge in [-0.1, -0.05) is 0 Å². The largest absolute Gasteiger partial charge is 0.414 e. The number of Topliss-reactive ketones (excluding diaryl/α,β-unsaturated/α-hetero) is 1. The Hall–Kier alpha value is -1.88. The highest BCUT2D eigenvalue weighted by molar-refractivity contribution is 6.29. The molecule has 94 valence electrons. The summed E-state index contributed by atoms with van der Waals surface area (Å²) in [4.78, 5) is 13.3. The van der Waals surface area contributed by atoms with Crippen LogP contribution in [0.4, 0.5) is 5.69 Å². The molecule has 6 heteroatoms. The van der Waals surface area contributed by atoms with Crippen molar-refractivity contribution in [3.05, 3.63) is 30.2 Å². The molecule has 0 fully saturated rings. The zero-order valence-electron chi connectivity index (χ0n) is 10.1. The predicted molar refractivity (Wildman–Crippen MR) is 69.1 cm³/mol. The molecule has 0 spiro atoms. The first-order chi connectivity index (χ1) is 8.61. The Morgan fingerprint density at radius 3 is 2.50 bits per heavy atom. The van der Waals surface area contributed by atoms with E-state index in [0.717, 1.165) is 11.3 Å². The Morgan fingerprint density at radius 2 is 1.94 bits per heavy atom. The number of carbonyl (C=O) groups is 1. The number of alkyl halides is 1. The molecule has 1 aromatic heterocycles. The quantitative estimate of drug-likeness (QED) is 0.627. The molecule has 0 aliphatic rings. The van der Waals surface area contributed by atoms with Crippen LogP contribution in [-0.2, 0) is 0 Å². The molecule has 0 bridgehead atoms. The van der Waals surface area contributed by atoms with Gasteiger partial charge in [-0.25, -0.2) is 0 Å². The summed E-state index contributed by atoms with van der Waals surface area (Å²) in [5.41, 5.74) is 1.83. The summed E-state index contributed by atoms with van der Waals surface area (Å²) in [5, 5.41) is 7.48. The van der Waals surface area contributed by atoms with Crippen molar-refractivity contribution in [1.29, 1.82) is 0 Å². The van der Waals surface area contributed by atoms with Crippen molar-refractivity contribution in [2.75, 3.05) is 24.9 Å². The first kappa shape index (κ1) is 12.6. The Kier molecular flexibility index (Phi) is 3.62. The van der Waals surface area contributed by atoms with Crippen LogP contribution in [0.2, 0.25) is 0 Å². The lowest BCUT2D eigenvalue weighted by molar-refractivity contribution is 0.0985. The number of rotatable bonds is 4. The Morgan fingerprint density at radius 1 is 1.28 bits per heavy atom. The molecule has 0 radical (unpaired) electrons. The zero-order valence-corrected chi connectivity index (χ0v) is 10.8. The number of anilines is 1. The van der Waals surface area contributed by atoms with Gasteiger partial charge in [0.2, 0.25) is 11.7 Å². The summed E-state index contributed by atoms with van der Waals surface area (Å²) in [6.45, 7) is 0. The van der Waals surface area contributed by atoms with Crippen LogP contribution in [0, 0.1) is 0 Å². The average Bonchev–Trinajstić information content (AvgIpc) is 2.87. The van der Waals surface area contributed by atoms with Gasteiger partial charge in [0.05, 0.1) is 5.88 Å². The number of halogens is 1. The van der Waals surface area contributed by atoms with Gasteiger partial charge in [0, 0.05) is 25.3 Å². The molecular weight excluding hydrogens is 254 g/mol. The topological polar surface area (TPSA) is 59.2 Å². The molecule has 2 rings (SSSR count). The van der Waals surface area contributed by atoms with Gasteiger partial charge in [-0.05, 0) is 24.3 Å². The summed E-state index contributed by atoms with van der Waals surface area (Å²) in [5.74, 6) is -0.285. The van der Waals surface area contributed by atoms with E-state index in [4.69, 9.17) is 16.0 Å². The lowest BCUT2D eigenvalue weighted by atomic mass is 10.2. The molecule has 0 unspecified atom stereocenters. The third-order valence-corrected chi connectivity index (χ3v) is 2.66. The molecule has 5 nitrogen and oxygen atoms in total. The first-order valence-electron chi connectivity index (χ1n) is 5.32. The maximum absolute atomic E-state index is 11.3. The van der Waals surface area contributed by atoms with E-state index in [1.54, 1.807) is 0 Å². The third kappa shape index (κ3) is 2.51. The molecule has 0 N–H and O–H groups in total. The summed E-state index contributed by atoms with van der Waals surface area (Å²) in [6.07, 6.45) is 0. The summed E-state index contributed by atoms with van der Waals surface area (Å²) < 4.78 is 5.25. The smallest absolute Gasteiger partial charge is 0.285 e. The van der Waals surface area contributed by atoms with Crippen molar-refractivity contribution >= 4 is 23.1 Å². The van der Waals surface area contributed by atoms with Gasteiger partial charge < -0.3 is 9.32 Å². The summed E-state index contributed by atoms with van der Waals surface area (Å²) in [6, 6.07) is 7.58. The molecule has 0 aliphatic carbocycles. The van der Waals surface area contributed by atoms with Gasteiger partial charge in [0.1, 0.15) is 0 Å². The van der Waals surface area contributed by atoms with Crippen molar-refractivity contribution in [3.8, 4) is 11.5 Å². The Bertz CT molecular complexity index is 549. The average molecular weight is 266 g/mol.